The van der Waals surface area contributed by atoms with Gasteiger partial charge in [0.15, 0.2) is 5.82 Å². The van der Waals surface area contributed by atoms with Crippen LogP contribution in [0.3, 0.4) is 0 Å². The molecule has 0 radical (unpaired) electrons. The lowest BCUT2D eigenvalue weighted by Gasteiger charge is -2.27. The van der Waals surface area contributed by atoms with E-state index < -0.39 is 0 Å². The molecule has 84 valence electrons. The summed E-state index contributed by atoms with van der Waals surface area (Å²) in [4.78, 5) is 4.49. The van der Waals surface area contributed by atoms with Crippen molar-refractivity contribution in [2.45, 2.75) is 39.0 Å². The van der Waals surface area contributed by atoms with Crippen molar-refractivity contribution in [3.05, 3.63) is 11.7 Å². The minimum absolute atomic E-state index is 0.0560. The Hall–Kier alpha value is -0.900. The third kappa shape index (κ3) is 1.67. The van der Waals surface area contributed by atoms with Crippen molar-refractivity contribution in [1.29, 1.82) is 0 Å². The quantitative estimate of drug-likeness (QED) is 0.820. The second kappa shape index (κ2) is 3.93. The van der Waals surface area contributed by atoms with Crippen LogP contribution >= 0.6 is 0 Å². The zero-order valence-electron chi connectivity index (χ0n) is 9.71. The van der Waals surface area contributed by atoms with E-state index in [0.29, 0.717) is 5.92 Å². The highest BCUT2D eigenvalue weighted by molar-refractivity contribution is 5.11. The number of nitrogens with zero attached hydrogens (tertiary/aromatic N) is 2. The van der Waals surface area contributed by atoms with E-state index in [2.05, 4.69) is 29.3 Å². The summed E-state index contributed by atoms with van der Waals surface area (Å²) >= 11 is 0. The van der Waals surface area contributed by atoms with Gasteiger partial charge in [-0.2, -0.15) is 4.98 Å². The molecule has 2 heterocycles. The summed E-state index contributed by atoms with van der Waals surface area (Å²) < 4.78 is 5.40. The van der Waals surface area contributed by atoms with Crippen molar-refractivity contribution >= 4 is 0 Å². The maximum absolute atomic E-state index is 5.40. The normalized spacial score (nSPS) is 26.4. The van der Waals surface area contributed by atoms with Crippen LogP contribution in [0, 0.1) is 5.92 Å². The molecule has 1 aliphatic heterocycles. The Kier molecular flexibility index (Phi) is 2.78. The summed E-state index contributed by atoms with van der Waals surface area (Å²) in [6.45, 7) is 8.49. The van der Waals surface area contributed by atoms with Gasteiger partial charge in [0.1, 0.15) is 0 Å². The van der Waals surface area contributed by atoms with Crippen LogP contribution in [0.25, 0.3) is 0 Å². The number of nitrogens with one attached hydrogen (secondary N) is 1. The molecule has 1 fully saturated rings. The molecular formula is C11H19N3O. The van der Waals surface area contributed by atoms with E-state index >= 15 is 0 Å². The van der Waals surface area contributed by atoms with Crippen molar-refractivity contribution in [3.63, 3.8) is 0 Å². The summed E-state index contributed by atoms with van der Waals surface area (Å²) in [7, 11) is 0. The first-order chi connectivity index (χ1) is 7.19. The van der Waals surface area contributed by atoms with Gasteiger partial charge in [-0.15, -0.1) is 0 Å². The SMILES string of the molecule is CCc1noc(C2(C(C)C)CCNC2)n1. The van der Waals surface area contributed by atoms with E-state index in [-0.39, 0.29) is 5.41 Å². The van der Waals surface area contributed by atoms with E-state index in [4.69, 9.17) is 4.52 Å². The van der Waals surface area contributed by atoms with Gasteiger partial charge in [-0.1, -0.05) is 25.9 Å². The number of hydrogen-bond donors (Lipinski definition) is 1. The lowest BCUT2D eigenvalue weighted by molar-refractivity contribution is 0.234. The lowest BCUT2D eigenvalue weighted by Crippen LogP contribution is -2.35. The molecule has 4 nitrogen and oxygen atoms in total. The Morgan fingerprint density at radius 3 is 2.80 bits per heavy atom. The van der Waals surface area contributed by atoms with Gasteiger partial charge in [0, 0.05) is 13.0 Å². The Bertz CT molecular complexity index is 326. The molecule has 1 N–H and O–H groups in total. The van der Waals surface area contributed by atoms with E-state index in [1.54, 1.807) is 0 Å². The molecular weight excluding hydrogens is 190 g/mol. The summed E-state index contributed by atoms with van der Waals surface area (Å²) in [5.41, 5.74) is 0.0560. The third-order valence-corrected chi connectivity index (χ3v) is 3.50. The van der Waals surface area contributed by atoms with E-state index in [9.17, 15) is 0 Å². The van der Waals surface area contributed by atoms with Gasteiger partial charge < -0.3 is 9.84 Å². The number of hydrogen-bond acceptors (Lipinski definition) is 4. The van der Waals surface area contributed by atoms with Crippen LogP contribution in [0.15, 0.2) is 4.52 Å². The molecule has 0 spiro atoms. The smallest absolute Gasteiger partial charge is 0.234 e. The average Bonchev–Trinajstić information content (AvgIpc) is 2.87. The van der Waals surface area contributed by atoms with Crippen molar-refractivity contribution in [2.75, 3.05) is 13.1 Å². The number of aromatic nitrogens is 2. The van der Waals surface area contributed by atoms with Crippen LogP contribution < -0.4 is 5.32 Å². The predicted molar refractivity (Wildman–Crippen MR) is 57.7 cm³/mol. The molecule has 1 atom stereocenters. The highest BCUT2D eigenvalue weighted by Gasteiger charge is 2.43. The largest absolute Gasteiger partial charge is 0.339 e. The van der Waals surface area contributed by atoms with Gasteiger partial charge in [-0.05, 0) is 18.9 Å². The molecule has 1 aromatic heterocycles. The molecule has 0 bridgehead atoms. The van der Waals surface area contributed by atoms with Crippen LogP contribution in [-0.2, 0) is 11.8 Å². The van der Waals surface area contributed by atoms with Crippen LogP contribution in [0.4, 0.5) is 0 Å². The van der Waals surface area contributed by atoms with Crippen molar-refractivity contribution in [2.24, 2.45) is 5.92 Å². The van der Waals surface area contributed by atoms with Crippen molar-refractivity contribution in [1.82, 2.24) is 15.5 Å². The van der Waals surface area contributed by atoms with Crippen molar-refractivity contribution in [3.8, 4) is 0 Å². The third-order valence-electron chi connectivity index (χ3n) is 3.50. The summed E-state index contributed by atoms with van der Waals surface area (Å²) in [5, 5.41) is 7.39. The fraction of sp³-hybridized carbons (Fsp3) is 0.818. The predicted octanol–water partition coefficient (Wildman–Crippen LogP) is 1.52. The Balaban J connectivity index is 2.32. The lowest BCUT2D eigenvalue weighted by atomic mass is 9.76. The molecule has 1 saturated heterocycles. The summed E-state index contributed by atoms with van der Waals surface area (Å²) in [6.07, 6.45) is 1.93. The standard InChI is InChI=1S/C11H19N3O/c1-4-9-13-10(15-14-9)11(8(2)3)5-6-12-7-11/h8,12H,4-7H2,1-3H3. The molecule has 0 aliphatic carbocycles. The Labute approximate surface area is 90.4 Å². The van der Waals surface area contributed by atoms with E-state index in [0.717, 1.165) is 37.6 Å². The van der Waals surface area contributed by atoms with E-state index in [1.807, 2.05) is 6.92 Å². The van der Waals surface area contributed by atoms with Crippen LogP contribution in [0.1, 0.15) is 38.9 Å². The van der Waals surface area contributed by atoms with Gasteiger partial charge in [0.2, 0.25) is 5.89 Å². The molecule has 4 heteroatoms. The molecule has 1 aromatic rings. The number of rotatable bonds is 3. The highest BCUT2D eigenvalue weighted by atomic mass is 16.5. The maximum Gasteiger partial charge on any atom is 0.234 e. The fourth-order valence-electron chi connectivity index (χ4n) is 2.23. The zero-order valence-corrected chi connectivity index (χ0v) is 9.71. The average molecular weight is 209 g/mol. The van der Waals surface area contributed by atoms with Crippen LogP contribution in [0.2, 0.25) is 0 Å². The van der Waals surface area contributed by atoms with Crippen LogP contribution in [0.5, 0.6) is 0 Å². The zero-order chi connectivity index (χ0) is 10.9. The first-order valence-corrected chi connectivity index (χ1v) is 5.73. The molecule has 15 heavy (non-hydrogen) atoms. The second-order valence-corrected chi connectivity index (χ2v) is 4.61. The maximum atomic E-state index is 5.40. The molecule has 0 aromatic carbocycles. The first kappa shape index (κ1) is 10.6. The van der Waals surface area contributed by atoms with Crippen LogP contribution in [-0.4, -0.2) is 23.2 Å². The molecule has 0 amide bonds. The van der Waals surface area contributed by atoms with Gasteiger partial charge >= 0.3 is 0 Å². The Morgan fingerprint density at radius 2 is 2.33 bits per heavy atom. The Morgan fingerprint density at radius 1 is 1.53 bits per heavy atom. The van der Waals surface area contributed by atoms with Gasteiger partial charge in [-0.3, -0.25) is 0 Å². The topological polar surface area (TPSA) is 51.0 Å². The molecule has 1 unspecified atom stereocenters. The van der Waals surface area contributed by atoms with Gasteiger partial charge in [-0.25, -0.2) is 0 Å². The van der Waals surface area contributed by atoms with Crippen molar-refractivity contribution < 1.29 is 4.52 Å². The molecule has 0 saturated carbocycles. The van der Waals surface area contributed by atoms with Gasteiger partial charge in [0.05, 0.1) is 5.41 Å². The summed E-state index contributed by atoms with van der Waals surface area (Å²) in [5.74, 6) is 2.16. The van der Waals surface area contributed by atoms with Gasteiger partial charge in [0.25, 0.3) is 0 Å². The number of aryl methyl sites for hydroxylation is 1. The molecule has 2 rings (SSSR count). The fourth-order valence-corrected chi connectivity index (χ4v) is 2.23. The monoisotopic (exact) mass is 209 g/mol. The van der Waals surface area contributed by atoms with E-state index in [1.165, 1.54) is 0 Å². The minimum Gasteiger partial charge on any atom is -0.339 e. The first-order valence-electron chi connectivity index (χ1n) is 5.73. The molecule has 1 aliphatic rings. The second-order valence-electron chi connectivity index (χ2n) is 4.61. The minimum atomic E-state index is 0.0560. The highest BCUT2D eigenvalue weighted by Crippen LogP contribution is 2.36. The summed E-state index contributed by atoms with van der Waals surface area (Å²) in [6, 6.07) is 0.